The molecule has 0 amide bonds. The van der Waals surface area contributed by atoms with E-state index in [1.807, 2.05) is 0 Å². The molecule has 0 fully saturated rings. The van der Waals surface area contributed by atoms with Gasteiger partial charge in [0.1, 0.15) is 12.0 Å². The van der Waals surface area contributed by atoms with Crippen molar-refractivity contribution in [3.63, 3.8) is 0 Å². The van der Waals surface area contributed by atoms with Crippen molar-refractivity contribution in [2.45, 2.75) is 58.2 Å². The molecule has 0 aromatic heterocycles. The standard InChI is InChI=1S/C16H25FO2Si/c1-11(2)20(12(3)4,13(5)6)19-16-8-7-14(10-18)9-15(16)17/h7-13H,1-6H3. The summed E-state index contributed by atoms with van der Waals surface area (Å²) in [5, 5.41) is 0. The summed E-state index contributed by atoms with van der Waals surface area (Å²) in [5.41, 5.74) is 1.48. The fourth-order valence-electron chi connectivity index (χ4n) is 3.22. The summed E-state index contributed by atoms with van der Waals surface area (Å²) >= 11 is 0. The van der Waals surface area contributed by atoms with Crippen molar-refractivity contribution in [3.8, 4) is 5.75 Å². The first kappa shape index (κ1) is 16.9. The van der Waals surface area contributed by atoms with Crippen LogP contribution in [0.2, 0.25) is 16.6 Å². The van der Waals surface area contributed by atoms with Crippen LogP contribution in [0.4, 0.5) is 4.39 Å². The molecule has 0 spiro atoms. The Balaban J connectivity index is 3.23. The van der Waals surface area contributed by atoms with Crippen molar-refractivity contribution in [2.75, 3.05) is 0 Å². The number of carbonyl (C=O) groups excluding carboxylic acids is 1. The van der Waals surface area contributed by atoms with Crippen LogP contribution >= 0.6 is 0 Å². The molecule has 0 bridgehead atoms. The second-order valence-electron chi connectivity index (χ2n) is 6.23. The maximum atomic E-state index is 14.1. The van der Waals surface area contributed by atoms with Gasteiger partial charge in [-0.15, -0.1) is 0 Å². The minimum Gasteiger partial charge on any atom is -0.541 e. The van der Waals surface area contributed by atoms with Crippen molar-refractivity contribution < 1.29 is 13.6 Å². The molecule has 0 atom stereocenters. The van der Waals surface area contributed by atoms with Gasteiger partial charge in [-0.05, 0) is 34.8 Å². The Morgan fingerprint density at radius 1 is 1.05 bits per heavy atom. The number of halogens is 1. The van der Waals surface area contributed by atoms with Gasteiger partial charge >= 0.3 is 0 Å². The summed E-state index contributed by atoms with van der Waals surface area (Å²) in [5.74, 6) is -0.174. The van der Waals surface area contributed by atoms with Gasteiger partial charge in [0.2, 0.25) is 0 Å². The lowest BCUT2D eigenvalue weighted by Crippen LogP contribution is -2.50. The van der Waals surface area contributed by atoms with Crippen molar-refractivity contribution >= 4 is 14.6 Å². The molecule has 20 heavy (non-hydrogen) atoms. The summed E-state index contributed by atoms with van der Waals surface area (Å²) in [4.78, 5) is 10.7. The Bertz CT molecular complexity index is 448. The normalized spacial score (nSPS) is 12.3. The van der Waals surface area contributed by atoms with Crippen molar-refractivity contribution in [3.05, 3.63) is 29.6 Å². The molecule has 0 N–H and O–H groups in total. The second kappa shape index (κ2) is 6.53. The molecule has 0 saturated carbocycles. The van der Waals surface area contributed by atoms with Crippen LogP contribution in [0, 0.1) is 5.82 Å². The van der Waals surface area contributed by atoms with E-state index in [0.717, 1.165) is 0 Å². The molecule has 2 nitrogen and oxygen atoms in total. The van der Waals surface area contributed by atoms with Gasteiger partial charge in [-0.2, -0.15) is 0 Å². The quantitative estimate of drug-likeness (QED) is 0.533. The molecule has 0 aliphatic heterocycles. The zero-order valence-corrected chi connectivity index (χ0v) is 14.2. The number of carbonyl (C=O) groups is 1. The maximum Gasteiger partial charge on any atom is 0.258 e. The SMILES string of the molecule is CC(C)[Si](Oc1ccc(C=O)cc1F)(C(C)C)C(C)C. The molecule has 0 unspecified atom stereocenters. The van der Waals surface area contributed by atoms with Crippen LogP contribution in [0.3, 0.4) is 0 Å². The highest BCUT2D eigenvalue weighted by atomic mass is 28.4. The molecule has 0 radical (unpaired) electrons. The molecule has 1 aromatic rings. The predicted molar refractivity (Wildman–Crippen MR) is 83.5 cm³/mol. The third-order valence-electron chi connectivity index (χ3n) is 4.09. The van der Waals surface area contributed by atoms with Crippen LogP contribution in [-0.4, -0.2) is 14.6 Å². The molecule has 0 aliphatic rings. The van der Waals surface area contributed by atoms with E-state index in [2.05, 4.69) is 41.5 Å². The van der Waals surface area contributed by atoms with E-state index in [0.29, 0.717) is 28.5 Å². The molecule has 1 rings (SSSR count). The first-order chi connectivity index (χ1) is 9.25. The Morgan fingerprint density at radius 3 is 1.90 bits per heavy atom. The number of rotatable bonds is 6. The van der Waals surface area contributed by atoms with Crippen LogP contribution in [-0.2, 0) is 0 Å². The smallest absolute Gasteiger partial charge is 0.258 e. The van der Waals surface area contributed by atoms with E-state index >= 15 is 0 Å². The van der Waals surface area contributed by atoms with Gasteiger partial charge in [0.05, 0.1) is 0 Å². The number of hydrogen-bond acceptors (Lipinski definition) is 2. The topological polar surface area (TPSA) is 26.3 Å². The number of hydrogen-bond donors (Lipinski definition) is 0. The Labute approximate surface area is 122 Å². The van der Waals surface area contributed by atoms with Gasteiger partial charge in [-0.25, -0.2) is 4.39 Å². The summed E-state index contributed by atoms with van der Waals surface area (Å²) in [6.45, 7) is 12.9. The number of benzene rings is 1. The number of aldehydes is 1. The van der Waals surface area contributed by atoms with Gasteiger partial charge in [0, 0.05) is 5.56 Å². The maximum absolute atomic E-state index is 14.1. The van der Waals surface area contributed by atoms with E-state index in [1.54, 1.807) is 12.1 Å². The minimum absolute atomic E-state index is 0.276. The van der Waals surface area contributed by atoms with E-state index in [9.17, 15) is 9.18 Å². The van der Waals surface area contributed by atoms with E-state index in [-0.39, 0.29) is 5.75 Å². The van der Waals surface area contributed by atoms with Gasteiger partial charge in [0.15, 0.2) is 5.82 Å². The van der Waals surface area contributed by atoms with Crippen molar-refractivity contribution in [2.24, 2.45) is 0 Å². The van der Waals surface area contributed by atoms with Crippen LogP contribution in [0.25, 0.3) is 0 Å². The average Bonchev–Trinajstić information content (AvgIpc) is 2.35. The third-order valence-corrected chi connectivity index (χ3v) is 10.1. The lowest BCUT2D eigenvalue weighted by Gasteiger charge is -2.42. The van der Waals surface area contributed by atoms with Crippen molar-refractivity contribution in [1.82, 2.24) is 0 Å². The van der Waals surface area contributed by atoms with Gasteiger partial charge in [-0.3, -0.25) is 4.79 Å². The fraction of sp³-hybridized carbons (Fsp3) is 0.562. The predicted octanol–water partition coefficient (Wildman–Crippen LogP) is 5.19. The van der Waals surface area contributed by atoms with Crippen LogP contribution in [0.5, 0.6) is 5.75 Å². The first-order valence-electron chi connectivity index (χ1n) is 7.19. The fourth-order valence-corrected chi connectivity index (χ4v) is 8.47. The van der Waals surface area contributed by atoms with Crippen LogP contribution < -0.4 is 4.43 Å². The van der Waals surface area contributed by atoms with Crippen LogP contribution in [0.15, 0.2) is 18.2 Å². The molecule has 0 saturated heterocycles. The Morgan fingerprint density at radius 2 is 1.55 bits per heavy atom. The second-order valence-corrected chi connectivity index (χ2v) is 11.6. The molecule has 0 heterocycles. The monoisotopic (exact) mass is 296 g/mol. The highest BCUT2D eigenvalue weighted by Crippen LogP contribution is 2.43. The third kappa shape index (κ3) is 3.11. The van der Waals surface area contributed by atoms with E-state index < -0.39 is 14.1 Å². The first-order valence-corrected chi connectivity index (χ1v) is 9.33. The molecule has 1 aromatic carbocycles. The Hall–Kier alpha value is -1.16. The lowest BCUT2D eigenvalue weighted by atomic mass is 10.2. The molecule has 112 valence electrons. The largest absolute Gasteiger partial charge is 0.541 e. The molecular weight excluding hydrogens is 271 g/mol. The van der Waals surface area contributed by atoms with Crippen LogP contribution in [0.1, 0.15) is 51.9 Å². The minimum atomic E-state index is -2.16. The van der Waals surface area contributed by atoms with Gasteiger partial charge in [-0.1, -0.05) is 41.5 Å². The van der Waals surface area contributed by atoms with E-state index in [1.165, 1.54) is 6.07 Å². The summed E-state index contributed by atoms with van der Waals surface area (Å²) in [7, 11) is -2.16. The van der Waals surface area contributed by atoms with Gasteiger partial charge in [0.25, 0.3) is 8.32 Å². The molecular formula is C16H25FO2Si. The molecule has 0 aliphatic carbocycles. The highest BCUT2D eigenvalue weighted by molar-refractivity contribution is 6.78. The zero-order chi connectivity index (χ0) is 15.5. The van der Waals surface area contributed by atoms with Gasteiger partial charge < -0.3 is 4.43 Å². The molecule has 4 heteroatoms. The van der Waals surface area contributed by atoms with E-state index in [4.69, 9.17) is 4.43 Å². The summed E-state index contributed by atoms with van der Waals surface area (Å²) in [6.07, 6.45) is 0.644. The highest BCUT2D eigenvalue weighted by Gasteiger charge is 2.47. The lowest BCUT2D eigenvalue weighted by molar-refractivity contribution is 0.112. The summed E-state index contributed by atoms with van der Waals surface area (Å²) < 4.78 is 20.4. The summed E-state index contributed by atoms with van der Waals surface area (Å²) in [6, 6.07) is 4.42. The van der Waals surface area contributed by atoms with Crippen molar-refractivity contribution in [1.29, 1.82) is 0 Å². The zero-order valence-electron chi connectivity index (χ0n) is 13.2. The average molecular weight is 296 g/mol. The Kier molecular flexibility index (Phi) is 5.51.